The molecular weight excluding hydrogens is 194 g/mol. The Morgan fingerprint density at radius 1 is 1.40 bits per heavy atom. The van der Waals surface area contributed by atoms with Gasteiger partial charge in [0, 0.05) is 13.1 Å². The monoisotopic (exact) mass is 217 g/mol. The van der Waals surface area contributed by atoms with E-state index in [0.29, 0.717) is 13.1 Å². The highest BCUT2D eigenvalue weighted by atomic mass is 16.4. The first kappa shape index (κ1) is 14.4. The molecule has 0 saturated carbocycles. The summed E-state index contributed by atoms with van der Waals surface area (Å²) in [5.41, 5.74) is -0.771. The quantitative estimate of drug-likeness (QED) is 0.698. The molecule has 0 aliphatic carbocycles. The third-order valence-electron chi connectivity index (χ3n) is 2.84. The molecule has 0 fully saturated rings. The fourth-order valence-corrected chi connectivity index (χ4v) is 1.34. The Hall–Kier alpha value is -0.610. The van der Waals surface area contributed by atoms with E-state index in [4.69, 9.17) is 5.11 Å². The van der Waals surface area contributed by atoms with Crippen molar-refractivity contribution in [3.63, 3.8) is 0 Å². The molecule has 0 aromatic rings. The van der Waals surface area contributed by atoms with Crippen molar-refractivity contribution < 1.29 is 15.0 Å². The Balaban J connectivity index is 4.14. The molecular formula is C11H23NO3. The highest BCUT2D eigenvalue weighted by molar-refractivity contribution is 5.69. The van der Waals surface area contributed by atoms with Crippen molar-refractivity contribution in [2.24, 2.45) is 11.8 Å². The largest absolute Gasteiger partial charge is 0.481 e. The van der Waals surface area contributed by atoms with Gasteiger partial charge in [0.15, 0.2) is 0 Å². The summed E-state index contributed by atoms with van der Waals surface area (Å²) in [7, 11) is 1.83. The minimum absolute atomic E-state index is 0.153. The highest BCUT2D eigenvalue weighted by Crippen LogP contribution is 2.17. The summed E-state index contributed by atoms with van der Waals surface area (Å²) < 4.78 is 0. The van der Waals surface area contributed by atoms with Gasteiger partial charge in [0.1, 0.15) is 0 Å². The minimum Gasteiger partial charge on any atom is -0.481 e. The van der Waals surface area contributed by atoms with Crippen molar-refractivity contribution in [2.75, 3.05) is 20.1 Å². The fraction of sp³-hybridized carbons (Fsp3) is 0.909. The summed E-state index contributed by atoms with van der Waals surface area (Å²) in [6, 6.07) is 0. The van der Waals surface area contributed by atoms with E-state index in [1.807, 2.05) is 25.8 Å². The number of aliphatic hydroxyl groups is 1. The van der Waals surface area contributed by atoms with Gasteiger partial charge in [-0.25, -0.2) is 0 Å². The van der Waals surface area contributed by atoms with E-state index in [0.717, 1.165) is 0 Å². The van der Waals surface area contributed by atoms with Gasteiger partial charge in [0.05, 0.1) is 11.5 Å². The number of likely N-dealkylation sites (N-methyl/N-ethyl adjacent to an activating group) is 1. The number of carboxylic acids is 1. The van der Waals surface area contributed by atoms with E-state index in [1.165, 1.54) is 0 Å². The van der Waals surface area contributed by atoms with Gasteiger partial charge < -0.3 is 15.1 Å². The van der Waals surface area contributed by atoms with Crippen LogP contribution in [0.2, 0.25) is 0 Å². The zero-order valence-corrected chi connectivity index (χ0v) is 10.3. The lowest BCUT2D eigenvalue weighted by Crippen LogP contribution is -2.44. The van der Waals surface area contributed by atoms with Crippen molar-refractivity contribution >= 4 is 5.97 Å². The number of hydrogen-bond acceptors (Lipinski definition) is 3. The van der Waals surface area contributed by atoms with E-state index >= 15 is 0 Å². The number of carbonyl (C=O) groups is 1. The van der Waals surface area contributed by atoms with Crippen LogP contribution in [0.3, 0.4) is 0 Å². The predicted molar refractivity (Wildman–Crippen MR) is 59.8 cm³/mol. The van der Waals surface area contributed by atoms with E-state index in [2.05, 4.69) is 0 Å². The molecule has 4 nitrogen and oxygen atoms in total. The van der Waals surface area contributed by atoms with Gasteiger partial charge in [-0.05, 0) is 19.9 Å². The molecule has 0 spiro atoms. The molecule has 2 unspecified atom stereocenters. The van der Waals surface area contributed by atoms with Crippen LogP contribution in [-0.4, -0.2) is 46.8 Å². The average Bonchev–Trinajstić information content (AvgIpc) is 2.01. The summed E-state index contributed by atoms with van der Waals surface area (Å²) in [6.07, 6.45) is 0. The fourth-order valence-electron chi connectivity index (χ4n) is 1.34. The second kappa shape index (κ2) is 5.47. The molecule has 2 atom stereocenters. The van der Waals surface area contributed by atoms with Crippen molar-refractivity contribution in [1.29, 1.82) is 0 Å². The van der Waals surface area contributed by atoms with Crippen molar-refractivity contribution in [3.8, 4) is 0 Å². The first-order valence-electron chi connectivity index (χ1n) is 5.30. The second-order valence-corrected chi connectivity index (χ2v) is 4.95. The van der Waals surface area contributed by atoms with Gasteiger partial charge in [-0.1, -0.05) is 20.8 Å². The lowest BCUT2D eigenvalue weighted by molar-refractivity contribution is -0.142. The zero-order chi connectivity index (χ0) is 12.2. The summed E-state index contributed by atoms with van der Waals surface area (Å²) in [5, 5.41) is 18.8. The Bertz CT molecular complexity index is 214. The Morgan fingerprint density at radius 3 is 2.20 bits per heavy atom. The maximum atomic E-state index is 10.6. The third kappa shape index (κ3) is 5.14. The Labute approximate surface area is 91.9 Å². The van der Waals surface area contributed by atoms with Gasteiger partial charge in [-0.15, -0.1) is 0 Å². The van der Waals surface area contributed by atoms with E-state index in [1.54, 1.807) is 13.8 Å². The van der Waals surface area contributed by atoms with E-state index < -0.39 is 17.5 Å². The normalized spacial score (nSPS) is 17.9. The molecule has 0 bridgehead atoms. The van der Waals surface area contributed by atoms with Crippen LogP contribution >= 0.6 is 0 Å². The van der Waals surface area contributed by atoms with Crippen LogP contribution in [0.4, 0.5) is 0 Å². The number of rotatable bonds is 6. The van der Waals surface area contributed by atoms with Crippen LogP contribution < -0.4 is 0 Å². The molecule has 0 aromatic heterocycles. The molecule has 0 radical (unpaired) electrons. The lowest BCUT2D eigenvalue weighted by Gasteiger charge is -2.33. The van der Waals surface area contributed by atoms with Crippen molar-refractivity contribution in [1.82, 2.24) is 4.90 Å². The van der Waals surface area contributed by atoms with Crippen LogP contribution in [0, 0.1) is 11.8 Å². The summed E-state index contributed by atoms with van der Waals surface area (Å²) >= 11 is 0. The molecule has 4 heteroatoms. The molecule has 0 aromatic carbocycles. The smallest absolute Gasteiger partial charge is 0.307 e. The predicted octanol–water partition coefficient (Wildman–Crippen LogP) is 1.05. The van der Waals surface area contributed by atoms with E-state index in [-0.39, 0.29) is 5.92 Å². The molecule has 0 rings (SSSR count). The molecule has 2 N–H and O–H groups in total. The van der Waals surface area contributed by atoms with Crippen LogP contribution in [0.5, 0.6) is 0 Å². The molecule has 15 heavy (non-hydrogen) atoms. The minimum atomic E-state index is -0.800. The standard InChI is InChI=1S/C11H23NO3/c1-8(2)11(4,15)7-12(5)6-9(3)10(13)14/h8-9,15H,6-7H2,1-5H3,(H,13,14). The first-order chi connectivity index (χ1) is 6.66. The summed E-state index contributed by atoms with van der Waals surface area (Å²) in [6.45, 7) is 8.30. The number of hydrogen-bond donors (Lipinski definition) is 2. The summed E-state index contributed by atoms with van der Waals surface area (Å²) in [4.78, 5) is 12.5. The lowest BCUT2D eigenvalue weighted by atomic mass is 9.92. The van der Waals surface area contributed by atoms with Gasteiger partial charge >= 0.3 is 5.97 Å². The molecule has 0 heterocycles. The molecule has 90 valence electrons. The van der Waals surface area contributed by atoms with Crippen LogP contribution in [0.1, 0.15) is 27.7 Å². The molecule has 0 amide bonds. The first-order valence-corrected chi connectivity index (χ1v) is 5.30. The molecule has 0 aliphatic heterocycles. The topological polar surface area (TPSA) is 60.8 Å². The number of nitrogens with zero attached hydrogens (tertiary/aromatic N) is 1. The summed E-state index contributed by atoms with van der Waals surface area (Å²) in [5.74, 6) is -1.05. The molecule has 0 saturated heterocycles. The van der Waals surface area contributed by atoms with Crippen LogP contribution in [0.25, 0.3) is 0 Å². The molecule has 0 aliphatic rings. The Kier molecular flexibility index (Phi) is 5.24. The average molecular weight is 217 g/mol. The van der Waals surface area contributed by atoms with Gasteiger partial charge in [-0.2, -0.15) is 0 Å². The van der Waals surface area contributed by atoms with Gasteiger partial charge in [0.25, 0.3) is 0 Å². The SMILES string of the molecule is CC(CN(C)CC(C)(O)C(C)C)C(=O)O. The van der Waals surface area contributed by atoms with Crippen molar-refractivity contribution in [2.45, 2.75) is 33.3 Å². The third-order valence-corrected chi connectivity index (χ3v) is 2.84. The highest BCUT2D eigenvalue weighted by Gasteiger charge is 2.27. The second-order valence-electron chi connectivity index (χ2n) is 4.95. The number of carboxylic acid groups (broad SMARTS) is 1. The number of aliphatic carboxylic acids is 1. The Morgan fingerprint density at radius 2 is 1.87 bits per heavy atom. The van der Waals surface area contributed by atoms with Crippen LogP contribution in [-0.2, 0) is 4.79 Å². The van der Waals surface area contributed by atoms with Gasteiger partial charge in [0.2, 0.25) is 0 Å². The van der Waals surface area contributed by atoms with Crippen molar-refractivity contribution in [3.05, 3.63) is 0 Å². The maximum absolute atomic E-state index is 10.6. The van der Waals surface area contributed by atoms with Gasteiger partial charge in [-0.3, -0.25) is 4.79 Å². The van der Waals surface area contributed by atoms with E-state index in [9.17, 15) is 9.90 Å². The zero-order valence-electron chi connectivity index (χ0n) is 10.3. The maximum Gasteiger partial charge on any atom is 0.307 e. The van der Waals surface area contributed by atoms with Crippen LogP contribution in [0.15, 0.2) is 0 Å².